The highest BCUT2D eigenvalue weighted by molar-refractivity contribution is 5.91. The van der Waals surface area contributed by atoms with Crippen LogP contribution in [0.3, 0.4) is 0 Å². The van der Waals surface area contributed by atoms with Crippen LogP contribution in [0.4, 0.5) is 23.7 Å². The van der Waals surface area contributed by atoms with Crippen LogP contribution in [0.5, 0.6) is 0 Å². The fourth-order valence-corrected chi connectivity index (χ4v) is 4.64. The maximum Gasteiger partial charge on any atom is 0.416 e. The van der Waals surface area contributed by atoms with Crippen molar-refractivity contribution in [1.82, 2.24) is 15.5 Å². The number of halogens is 3. The number of ether oxygens (including phenoxy) is 1. The van der Waals surface area contributed by atoms with Gasteiger partial charge in [0.1, 0.15) is 6.10 Å². The van der Waals surface area contributed by atoms with Crippen LogP contribution in [0, 0.1) is 0 Å². The molecule has 5 rings (SSSR count). The first-order valence-electron chi connectivity index (χ1n) is 11.3. The first kappa shape index (κ1) is 22.9. The Bertz CT molecular complexity index is 1280. The van der Waals surface area contributed by atoms with E-state index in [1.54, 1.807) is 4.90 Å². The van der Waals surface area contributed by atoms with Crippen LogP contribution in [-0.2, 0) is 28.5 Å². The highest BCUT2D eigenvalue weighted by atomic mass is 19.4. The van der Waals surface area contributed by atoms with E-state index in [1.807, 2.05) is 18.2 Å². The Labute approximate surface area is 199 Å². The van der Waals surface area contributed by atoms with Crippen LogP contribution >= 0.6 is 0 Å². The number of anilines is 1. The van der Waals surface area contributed by atoms with Gasteiger partial charge in [0.2, 0.25) is 5.91 Å². The number of H-pyrrole nitrogens is 1. The van der Waals surface area contributed by atoms with Gasteiger partial charge in [0, 0.05) is 29.3 Å². The Balaban J connectivity index is 1.42. The largest absolute Gasteiger partial charge is 0.442 e. The summed E-state index contributed by atoms with van der Waals surface area (Å²) in [4.78, 5) is 25.1. The van der Waals surface area contributed by atoms with Gasteiger partial charge in [0.15, 0.2) is 0 Å². The number of amides is 2. The molecule has 7 nitrogen and oxygen atoms in total. The van der Waals surface area contributed by atoms with E-state index in [1.165, 1.54) is 19.1 Å². The van der Waals surface area contributed by atoms with Crippen molar-refractivity contribution in [1.29, 1.82) is 0 Å². The third kappa shape index (κ3) is 4.48. The van der Waals surface area contributed by atoms with Gasteiger partial charge in [-0.25, -0.2) is 4.79 Å². The van der Waals surface area contributed by atoms with E-state index < -0.39 is 23.9 Å². The van der Waals surface area contributed by atoms with E-state index in [-0.39, 0.29) is 12.5 Å². The lowest BCUT2D eigenvalue weighted by Crippen LogP contribution is -2.33. The van der Waals surface area contributed by atoms with Crippen LogP contribution in [0.1, 0.15) is 30.0 Å². The molecule has 0 radical (unpaired) electrons. The number of benzene rings is 2. The highest BCUT2D eigenvalue weighted by Crippen LogP contribution is 2.39. The number of hydrogen-bond donors (Lipinski definition) is 2. The number of cyclic esters (lactones) is 1. The summed E-state index contributed by atoms with van der Waals surface area (Å²) in [6.45, 7) is 2.01. The van der Waals surface area contributed by atoms with E-state index in [4.69, 9.17) is 4.74 Å². The molecule has 1 aromatic heterocycles. The van der Waals surface area contributed by atoms with E-state index in [9.17, 15) is 22.8 Å². The van der Waals surface area contributed by atoms with Crippen molar-refractivity contribution in [3.8, 4) is 22.5 Å². The first-order valence-corrected chi connectivity index (χ1v) is 11.3. The van der Waals surface area contributed by atoms with Crippen molar-refractivity contribution < 1.29 is 27.5 Å². The van der Waals surface area contributed by atoms with E-state index >= 15 is 0 Å². The average Bonchev–Trinajstić information content (AvgIpc) is 3.35. The molecular formula is C25H23F3N4O3. The Morgan fingerprint density at radius 1 is 1.20 bits per heavy atom. The van der Waals surface area contributed by atoms with Gasteiger partial charge >= 0.3 is 12.3 Å². The summed E-state index contributed by atoms with van der Waals surface area (Å²) < 4.78 is 44.2. The van der Waals surface area contributed by atoms with Gasteiger partial charge in [-0.15, -0.1) is 0 Å². The van der Waals surface area contributed by atoms with E-state index in [0.29, 0.717) is 23.5 Å². The molecule has 0 saturated carbocycles. The molecule has 0 spiro atoms. The molecule has 2 heterocycles. The summed E-state index contributed by atoms with van der Waals surface area (Å²) in [6, 6.07) is 10.8. The number of aromatic amines is 1. The second kappa shape index (κ2) is 8.75. The summed E-state index contributed by atoms with van der Waals surface area (Å²) >= 11 is 0. The fourth-order valence-electron chi connectivity index (χ4n) is 4.64. The minimum Gasteiger partial charge on any atom is -0.442 e. The Morgan fingerprint density at radius 3 is 2.69 bits per heavy atom. The monoisotopic (exact) mass is 484 g/mol. The maximum atomic E-state index is 12.9. The van der Waals surface area contributed by atoms with Crippen LogP contribution in [0.25, 0.3) is 22.5 Å². The zero-order valence-electron chi connectivity index (χ0n) is 18.9. The third-order valence-corrected chi connectivity index (χ3v) is 6.35. The SMILES string of the molecule is CC(=O)NCC1CN(c2ccc3c(c2)CCCc2c(-c4ccc(C(F)(F)F)cc4)n[nH]c2-3)C(=O)O1. The number of nitrogens with one attached hydrogen (secondary N) is 2. The minimum absolute atomic E-state index is 0.185. The molecule has 0 bridgehead atoms. The zero-order valence-corrected chi connectivity index (χ0v) is 18.9. The molecule has 2 aromatic carbocycles. The molecule has 2 aliphatic rings. The number of carbonyl (C=O) groups is 2. The van der Waals surface area contributed by atoms with Gasteiger partial charge in [0.25, 0.3) is 0 Å². The average molecular weight is 484 g/mol. The van der Waals surface area contributed by atoms with Crippen LogP contribution in [0.2, 0.25) is 0 Å². The smallest absolute Gasteiger partial charge is 0.416 e. The van der Waals surface area contributed by atoms with E-state index in [2.05, 4.69) is 15.5 Å². The molecule has 3 aromatic rings. The van der Waals surface area contributed by atoms with Gasteiger partial charge in [-0.3, -0.25) is 14.8 Å². The van der Waals surface area contributed by atoms with Crippen LogP contribution in [0.15, 0.2) is 42.5 Å². The maximum absolute atomic E-state index is 12.9. The molecule has 10 heteroatoms. The van der Waals surface area contributed by atoms with Crippen molar-refractivity contribution >= 4 is 17.7 Å². The van der Waals surface area contributed by atoms with Gasteiger partial charge in [0.05, 0.1) is 30.0 Å². The van der Waals surface area contributed by atoms with Gasteiger partial charge < -0.3 is 10.1 Å². The Morgan fingerprint density at radius 2 is 1.97 bits per heavy atom. The predicted molar refractivity (Wildman–Crippen MR) is 123 cm³/mol. The summed E-state index contributed by atoms with van der Waals surface area (Å²) in [6.07, 6.45) is -2.95. The second-order valence-corrected chi connectivity index (χ2v) is 8.75. The number of aromatic nitrogens is 2. The molecule has 1 atom stereocenters. The number of nitrogens with zero attached hydrogens (tertiary/aromatic N) is 2. The van der Waals surface area contributed by atoms with Crippen LogP contribution < -0.4 is 10.2 Å². The summed E-state index contributed by atoms with van der Waals surface area (Å²) in [5, 5.41) is 10.2. The van der Waals surface area contributed by atoms with Crippen molar-refractivity contribution in [3.05, 3.63) is 59.2 Å². The second-order valence-electron chi connectivity index (χ2n) is 8.75. The first-order chi connectivity index (χ1) is 16.7. The number of aryl methyl sites for hydroxylation is 1. The number of rotatable bonds is 4. The Kier molecular flexibility index (Phi) is 5.74. The van der Waals surface area contributed by atoms with Crippen molar-refractivity contribution in [2.45, 2.75) is 38.5 Å². The summed E-state index contributed by atoms with van der Waals surface area (Å²) in [5.41, 5.74) is 5.09. The number of hydrogen-bond acceptors (Lipinski definition) is 4. The lowest BCUT2D eigenvalue weighted by Gasteiger charge is -2.16. The molecular weight excluding hydrogens is 461 g/mol. The normalized spacial score (nSPS) is 17.4. The fraction of sp³-hybridized carbons (Fsp3) is 0.320. The molecule has 35 heavy (non-hydrogen) atoms. The zero-order chi connectivity index (χ0) is 24.7. The van der Waals surface area contributed by atoms with Gasteiger partial charge in [-0.1, -0.05) is 18.2 Å². The highest BCUT2D eigenvalue weighted by Gasteiger charge is 2.33. The molecule has 2 N–H and O–H groups in total. The van der Waals surface area contributed by atoms with Crippen molar-refractivity contribution in [2.24, 2.45) is 0 Å². The standard InChI is InChI=1S/C25H23F3N4O3/c1-14(33)29-12-19-13-32(24(34)35-19)18-9-10-20-16(11-18)3-2-4-21-22(30-31-23(20)21)15-5-7-17(8-6-15)25(26,27)28/h5-11,19H,2-4,12-13H2,1H3,(H,29,33)(H,30,31). The third-order valence-electron chi connectivity index (χ3n) is 6.35. The van der Waals surface area contributed by atoms with Gasteiger partial charge in [-0.2, -0.15) is 18.3 Å². The quantitative estimate of drug-likeness (QED) is 0.562. The number of alkyl halides is 3. The molecule has 182 valence electrons. The molecule has 1 unspecified atom stereocenters. The number of fused-ring (bicyclic) bond motifs is 3. The van der Waals surface area contributed by atoms with E-state index in [0.717, 1.165) is 53.8 Å². The van der Waals surface area contributed by atoms with Crippen molar-refractivity contribution in [3.63, 3.8) is 0 Å². The predicted octanol–water partition coefficient (Wildman–Crippen LogP) is 4.71. The Hall–Kier alpha value is -3.82. The van der Waals surface area contributed by atoms with Gasteiger partial charge in [-0.05, 0) is 49.1 Å². The number of carbonyl (C=O) groups excluding carboxylic acids is 2. The summed E-state index contributed by atoms with van der Waals surface area (Å²) in [5.74, 6) is -0.185. The lowest BCUT2D eigenvalue weighted by molar-refractivity contribution is -0.137. The molecule has 1 fully saturated rings. The molecule has 1 aliphatic carbocycles. The molecule has 1 saturated heterocycles. The van der Waals surface area contributed by atoms with Crippen LogP contribution in [-0.4, -0.2) is 41.4 Å². The topological polar surface area (TPSA) is 87.3 Å². The summed E-state index contributed by atoms with van der Waals surface area (Å²) in [7, 11) is 0. The molecule has 2 amide bonds. The lowest BCUT2D eigenvalue weighted by atomic mass is 9.99. The minimum atomic E-state index is -4.39. The molecule has 1 aliphatic heterocycles. The van der Waals surface area contributed by atoms with Crippen molar-refractivity contribution in [2.75, 3.05) is 18.0 Å².